The monoisotopic (exact) mass is 489 g/mol. The number of halogens is 1. The van der Waals surface area contributed by atoms with Crippen molar-refractivity contribution in [3.05, 3.63) is 99.6 Å². The Morgan fingerprint density at radius 3 is 1.89 bits per heavy atom. The summed E-state index contributed by atoms with van der Waals surface area (Å²) in [7, 11) is 0. The minimum atomic E-state index is -1.13. The molecule has 0 saturated heterocycles. The number of aryl methyl sites for hydroxylation is 2. The molecule has 3 aromatic carbocycles. The lowest BCUT2D eigenvalue weighted by Gasteiger charge is -2.25. The molecule has 4 amide bonds. The molecule has 0 unspecified atom stereocenters. The molecule has 178 valence electrons. The second kappa shape index (κ2) is 9.72. The Morgan fingerprint density at radius 1 is 0.800 bits per heavy atom. The third-order valence-electron chi connectivity index (χ3n) is 6.07. The first-order valence-corrected chi connectivity index (χ1v) is 11.5. The fourth-order valence-corrected chi connectivity index (χ4v) is 4.23. The average Bonchev–Trinajstić information content (AvgIpc) is 3.10. The van der Waals surface area contributed by atoms with E-state index in [1.807, 2.05) is 32.0 Å². The Balaban J connectivity index is 1.60. The number of amides is 4. The number of carbonyl (C=O) groups excluding carboxylic acids is 4. The Bertz CT molecular complexity index is 1280. The van der Waals surface area contributed by atoms with Gasteiger partial charge >= 0.3 is 0 Å². The van der Waals surface area contributed by atoms with Crippen LogP contribution in [0.3, 0.4) is 0 Å². The fraction of sp³-hybridized carbons (Fsp3) is 0.185. The first-order chi connectivity index (χ1) is 16.7. The van der Waals surface area contributed by atoms with Crippen molar-refractivity contribution in [2.24, 2.45) is 0 Å². The van der Waals surface area contributed by atoms with Crippen LogP contribution >= 0.6 is 11.6 Å². The Labute approximate surface area is 208 Å². The largest absolute Gasteiger partial charge is 0.339 e. The van der Waals surface area contributed by atoms with Gasteiger partial charge in [0, 0.05) is 10.7 Å². The summed E-state index contributed by atoms with van der Waals surface area (Å²) < 4.78 is 0. The number of anilines is 1. The number of nitrogens with one attached hydrogen (secondary N) is 2. The highest BCUT2D eigenvalue weighted by atomic mass is 35.5. The van der Waals surface area contributed by atoms with E-state index in [9.17, 15) is 19.2 Å². The van der Waals surface area contributed by atoms with E-state index in [0.717, 1.165) is 16.0 Å². The van der Waals surface area contributed by atoms with Crippen LogP contribution in [0, 0.1) is 13.8 Å². The van der Waals surface area contributed by atoms with Crippen LogP contribution in [-0.4, -0.2) is 34.6 Å². The quantitative estimate of drug-likeness (QED) is 0.500. The maximum Gasteiger partial charge on any atom is 0.262 e. The van der Waals surface area contributed by atoms with Crippen LogP contribution in [0.4, 0.5) is 5.69 Å². The average molecular weight is 490 g/mol. The van der Waals surface area contributed by atoms with Gasteiger partial charge < -0.3 is 10.6 Å². The molecule has 7 nitrogen and oxygen atoms in total. The zero-order chi connectivity index (χ0) is 25.3. The van der Waals surface area contributed by atoms with E-state index in [-0.39, 0.29) is 11.1 Å². The lowest BCUT2D eigenvalue weighted by atomic mass is 10.0. The van der Waals surface area contributed by atoms with Gasteiger partial charge in [-0.3, -0.25) is 24.1 Å². The van der Waals surface area contributed by atoms with Crippen molar-refractivity contribution in [3.8, 4) is 0 Å². The SMILES string of the molecule is Cc1cccc(C)c1NC(=O)[C@H](NC(=O)[C@@H](C)N1C(=O)c2ccccc2C1=O)c1ccc(Cl)cc1. The molecule has 1 aliphatic heterocycles. The van der Waals surface area contributed by atoms with Crippen molar-refractivity contribution < 1.29 is 19.2 Å². The summed E-state index contributed by atoms with van der Waals surface area (Å²) in [6.45, 7) is 5.21. The van der Waals surface area contributed by atoms with Crippen LogP contribution in [-0.2, 0) is 9.59 Å². The van der Waals surface area contributed by atoms with Crippen molar-refractivity contribution in [2.45, 2.75) is 32.9 Å². The molecule has 1 heterocycles. The molecule has 3 aromatic rings. The number of imide groups is 1. The first-order valence-electron chi connectivity index (χ1n) is 11.1. The molecular weight excluding hydrogens is 466 g/mol. The van der Waals surface area contributed by atoms with E-state index in [1.165, 1.54) is 6.92 Å². The van der Waals surface area contributed by atoms with Crippen LogP contribution in [0.5, 0.6) is 0 Å². The summed E-state index contributed by atoms with van der Waals surface area (Å²) in [6.07, 6.45) is 0. The first kappa shape index (κ1) is 24.2. The summed E-state index contributed by atoms with van der Waals surface area (Å²) in [4.78, 5) is 53.2. The number of rotatable bonds is 6. The molecule has 0 aliphatic carbocycles. The summed E-state index contributed by atoms with van der Waals surface area (Å²) in [6, 6.07) is 16.4. The molecule has 35 heavy (non-hydrogen) atoms. The van der Waals surface area contributed by atoms with Gasteiger partial charge in [0.2, 0.25) is 5.91 Å². The molecule has 0 saturated carbocycles. The number of carbonyl (C=O) groups is 4. The third-order valence-corrected chi connectivity index (χ3v) is 6.33. The van der Waals surface area contributed by atoms with Gasteiger partial charge in [-0.25, -0.2) is 0 Å². The molecule has 1 aliphatic rings. The van der Waals surface area contributed by atoms with Gasteiger partial charge in [0.05, 0.1) is 11.1 Å². The molecule has 2 N–H and O–H groups in total. The van der Waals surface area contributed by atoms with E-state index >= 15 is 0 Å². The Kier molecular flexibility index (Phi) is 6.71. The van der Waals surface area contributed by atoms with Crippen molar-refractivity contribution >= 4 is 40.9 Å². The zero-order valence-corrected chi connectivity index (χ0v) is 20.2. The highest BCUT2D eigenvalue weighted by Gasteiger charge is 2.41. The van der Waals surface area contributed by atoms with Crippen LogP contribution in [0.15, 0.2) is 66.7 Å². The van der Waals surface area contributed by atoms with Crippen LogP contribution in [0.2, 0.25) is 5.02 Å². The molecule has 0 spiro atoms. The summed E-state index contributed by atoms with van der Waals surface area (Å²) in [5.74, 6) is -2.20. The number of para-hydroxylation sites is 1. The van der Waals surface area contributed by atoms with Crippen molar-refractivity contribution in [2.75, 3.05) is 5.32 Å². The lowest BCUT2D eigenvalue weighted by molar-refractivity contribution is -0.129. The van der Waals surface area contributed by atoms with Crippen LogP contribution < -0.4 is 10.6 Å². The lowest BCUT2D eigenvalue weighted by Crippen LogP contribution is -2.50. The molecule has 0 bridgehead atoms. The molecule has 4 rings (SSSR count). The van der Waals surface area contributed by atoms with Crippen molar-refractivity contribution in [3.63, 3.8) is 0 Å². The summed E-state index contributed by atoms with van der Waals surface area (Å²) >= 11 is 6.02. The highest BCUT2D eigenvalue weighted by molar-refractivity contribution is 6.30. The molecule has 0 fully saturated rings. The fourth-order valence-electron chi connectivity index (χ4n) is 4.10. The minimum Gasteiger partial charge on any atom is -0.339 e. The number of fused-ring (bicyclic) bond motifs is 1. The highest BCUT2D eigenvalue weighted by Crippen LogP contribution is 2.26. The Morgan fingerprint density at radius 2 is 1.34 bits per heavy atom. The molecule has 8 heteroatoms. The standard InChI is InChI=1S/C27H24ClN3O4/c1-15-7-6-8-16(2)22(15)29-25(33)23(18-11-13-19(28)14-12-18)30-24(32)17(3)31-26(34)20-9-4-5-10-21(20)27(31)35/h4-14,17,23H,1-3H3,(H,29,33)(H,30,32)/t17-,23-/m1/s1. The molecule has 0 radical (unpaired) electrons. The molecular formula is C27H24ClN3O4. The second-order valence-corrected chi connectivity index (χ2v) is 8.89. The van der Waals surface area contributed by atoms with Crippen LogP contribution in [0.1, 0.15) is 50.4 Å². The zero-order valence-electron chi connectivity index (χ0n) is 19.5. The van der Waals surface area contributed by atoms with E-state index in [2.05, 4.69) is 10.6 Å². The maximum atomic E-state index is 13.4. The third kappa shape index (κ3) is 4.68. The van der Waals surface area contributed by atoms with Gasteiger partial charge in [-0.1, -0.05) is 54.1 Å². The molecule has 0 aromatic heterocycles. The van der Waals surface area contributed by atoms with Gasteiger partial charge in [-0.05, 0) is 61.7 Å². The Hall–Kier alpha value is -3.97. The second-order valence-electron chi connectivity index (χ2n) is 8.45. The van der Waals surface area contributed by atoms with Crippen molar-refractivity contribution in [1.29, 1.82) is 0 Å². The van der Waals surface area contributed by atoms with Gasteiger partial charge in [0.25, 0.3) is 17.7 Å². The number of hydrogen-bond acceptors (Lipinski definition) is 4. The smallest absolute Gasteiger partial charge is 0.262 e. The van der Waals surface area contributed by atoms with Crippen LogP contribution in [0.25, 0.3) is 0 Å². The predicted octanol–water partition coefficient (Wildman–Crippen LogP) is 4.44. The number of nitrogens with zero attached hydrogens (tertiary/aromatic N) is 1. The van der Waals surface area contributed by atoms with E-state index in [4.69, 9.17) is 11.6 Å². The minimum absolute atomic E-state index is 0.249. The normalized spacial score (nSPS) is 14.3. The van der Waals surface area contributed by atoms with E-state index in [0.29, 0.717) is 16.3 Å². The number of hydrogen-bond donors (Lipinski definition) is 2. The van der Waals surface area contributed by atoms with Gasteiger partial charge in [0.1, 0.15) is 12.1 Å². The number of benzene rings is 3. The van der Waals surface area contributed by atoms with Gasteiger partial charge in [-0.15, -0.1) is 0 Å². The molecule has 2 atom stereocenters. The predicted molar refractivity (Wildman–Crippen MR) is 133 cm³/mol. The van der Waals surface area contributed by atoms with Gasteiger partial charge in [0.15, 0.2) is 0 Å². The summed E-state index contributed by atoms with van der Waals surface area (Å²) in [5.41, 5.74) is 3.40. The maximum absolute atomic E-state index is 13.4. The summed E-state index contributed by atoms with van der Waals surface area (Å²) in [5, 5.41) is 6.10. The van der Waals surface area contributed by atoms with Gasteiger partial charge in [-0.2, -0.15) is 0 Å². The van der Waals surface area contributed by atoms with E-state index < -0.39 is 35.7 Å². The van der Waals surface area contributed by atoms with Crippen molar-refractivity contribution in [1.82, 2.24) is 10.2 Å². The van der Waals surface area contributed by atoms with E-state index in [1.54, 1.807) is 48.5 Å². The topological polar surface area (TPSA) is 95.6 Å².